The van der Waals surface area contributed by atoms with Crippen molar-refractivity contribution in [1.82, 2.24) is 19.5 Å². The highest BCUT2D eigenvalue weighted by Crippen LogP contribution is 2.52. The molecule has 0 unspecified atom stereocenters. The molecule has 2 aliphatic rings. The summed E-state index contributed by atoms with van der Waals surface area (Å²) in [7, 11) is 0. The van der Waals surface area contributed by atoms with Crippen LogP contribution in [-0.2, 0) is 15.1 Å². The van der Waals surface area contributed by atoms with Crippen molar-refractivity contribution in [3.8, 4) is 11.5 Å². The highest BCUT2D eigenvalue weighted by atomic mass is 16.6. The Morgan fingerprint density at radius 3 is 2.24 bits per heavy atom. The number of fused-ring (bicyclic) bond motifs is 3. The maximum absolute atomic E-state index is 12.8. The molecule has 228 valence electrons. The van der Waals surface area contributed by atoms with Gasteiger partial charge in [-0.2, -0.15) is 0 Å². The van der Waals surface area contributed by atoms with E-state index < -0.39 is 24.0 Å². The summed E-state index contributed by atoms with van der Waals surface area (Å²) in [5.41, 5.74) is 3.06. The molecule has 2 aromatic heterocycles. The van der Waals surface area contributed by atoms with E-state index in [0.717, 1.165) is 16.7 Å². The standard InChI is InChI=1S/C36H29N5O5/c42-27-19-31(41-22-39-32-33(37-21-38-34(32)41)40-35(43)23-11-3-1-4-12-23)46-30(27)20-44-36(24-13-5-2-6-14-24)25-15-7-9-17-28(25)45-29-18-10-8-16-26(29)36/h1-18,21-22,27,30-31,42H,19-20H2,(H,37,38,40,43)/t27-,30+,31+/m0/s1. The van der Waals surface area contributed by atoms with E-state index >= 15 is 0 Å². The van der Waals surface area contributed by atoms with Crippen molar-refractivity contribution in [1.29, 1.82) is 0 Å². The van der Waals surface area contributed by atoms with Gasteiger partial charge in [-0.15, -0.1) is 0 Å². The largest absolute Gasteiger partial charge is 0.457 e. The maximum atomic E-state index is 12.8. The van der Waals surface area contributed by atoms with Crippen molar-refractivity contribution in [3.63, 3.8) is 0 Å². The number of amides is 1. The van der Waals surface area contributed by atoms with Gasteiger partial charge >= 0.3 is 0 Å². The molecule has 1 amide bonds. The smallest absolute Gasteiger partial charge is 0.256 e. The lowest BCUT2D eigenvalue weighted by Crippen LogP contribution is -2.39. The molecule has 3 atom stereocenters. The number of hydrogen-bond acceptors (Lipinski definition) is 8. The Hall–Kier alpha value is -5.42. The van der Waals surface area contributed by atoms with Gasteiger partial charge in [0.15, 0.2) is 22.6 Å². The molecule has 0 spiro atoms. The third-order valence-corrected chi connectivity index (χ3v) is 8.54. The van der Waals surface area contributed by atoms with Crippen LogP contribution in [0.2, 0.25) is 0 Å². The summed E-state index contributed by atoms with van der Waals surface area (Å²) in [6, 6.07) is 34.6. The first-order valence-electron chi connectivity index (χ1n) is 15.1. The molecule has 4 heterocycles. The first-order chi connectivity index (χ1) is 22.6. The van der Waals surface area contributed by atoms with Crippen LogP contribution in [0.25, 0.3) is 11.2 Å². The Morgan fingerprint density at radius 2 is 1.52 bits per heavy atom. The number of nitrogens with zero attached hydrogens (tertiary/aromatic N) is 4. The molecule has 0 radical (unpaired) electrons. The third kappa shape index (κ3) is 4.71. The lowest BCUT2D eigenvalue weighted by Gasteiger charge is -2.41. The quantitative estimate of drug-likeness (QED) is 0.231. The Labute approximate surface area is 264 Å². The van der Waals surface area contributed by atoms with E-state index in [0.29, 0.717) is 34.6 Å². The topological polar surface area (TPSA) is 121 Å². The number of carbonyl (C=O) groups excluding carboxylic acids is 1. The van der Waals surface area contributed by atoms with Gasteiger partial charge in [0.2, 0.25) is 0 Å². The van der Waals surface area contributed by atoms with Crippen LogP contribution in [0, 0.1) is 0 Å². The summed E-state index contributed by atoms with van der Waals surface area (Å²) >= 11 is 0. The van der Waals surface area contributed by atoms with E-state index in [2.05, 4.69) is 20.3 Å². The zero-order valence-electron chi connectivity index (χ0n) is 24.6. The molecular weight excluding hydrogens is 582 g/mol. The number of para-hydroxylation sites is 2. The molecule has 6 aromatic rings. The monoisotopic (exact) mass is 611 g/mol. The number of aliphatic hydroxyl groups excluding tert-OH is 1. The van der Waals surface area contributed by atoms with E-state index in [-0.39, 0.29) is 18.3 Å². The first kappa shape index (κ1) is 28.1. The Balaban J connectivity index is 1.08. The van der Waals surface area contributed by atoms with E-state index in [4.69, 9.17) is 14.2 Å². The van der Waals surface area contributed by atoms with Gasteiger partial charge in [-0.3, -0.25) is 9.36 Å². The number of hydrogen-bond donors (Lipinski definition) is 2. The summed E-state index contributed by atoms with van der Waals surface area (Å²) in [6.07, 6.45) is 1.22. The molecule has 2 aliphatic heterocycles. The fourth-order valence-electron chi connectivity index (χ4n) is 6.35. The minimum atomic E-state index is -1.01. The first-order valence-corrected chi connectivity index (χ1v) is 15.1. The normalized spacial score (nSPS) is 19.6. The maximum Gasteiger partial charge on any atom is 0.256 e. The van der Waals surface area contributed by atoms with Crippen LogP contribution >= 0.6 is 0 Å². The van der Waals surface area contributed by atoms with Gasteiger partial charge in [-0.25, -0.2) is 15.0 Å². The van der Waals surface area contributed by atoms with Crippen LogP contribution < -0.4 is 10.1 Å². The number of rotatable bonds is 7. The molecule has 0 bridgehead atoms. The van der Waals surface area contributed by atoms with E-state index in [1.807, 2.05) is 84.9 Å². The number of aliphatic hydroxyl groups is 1. The molecule has 0 aliphatic carbocycles. The lowest BCUT2D eigenvalue weighted by molar-refractivity contribution is -0.0948. The summed E-state index contributed by atoms with van der Waals surface area (Å²) in [6.45, 7) is 0.0925. The molecule has 8 rings (SSSR count). The SMILES string of the molecule is O=C(Nc1ncnc2c1ncn2[C@H]1C[C@H](O)[C@@H](COC2(c3ccccc3)c3ccccc3Oc3ccccc32)O1)c1ccccc1. The van der Waals surface area contributed by atoms with Crippen LogP contribution in [-0.4, -0.2) is 49.3 Å². The van der Waals surface area contributed by atoms with Crippen molar-refractivity contribution in [2.75, 3.05) is 11.9 Å². The van der Waals surface area contributed by atoms with Gasteiger partial charge in [0.1, 0.15) is 30.2 Å². The summed E-state index contributed by atoms with van der Waals surface area (Å²) < 4.78 is 21.5. The zero-order chi connectivity index (χ0) is 31.1. The van der Waals surface area contributed by atoms with Crippen LogP contribution in [0.1, 0.15) is 39.7 Å². The van der Waals surface area contributed by atoms with Crippen molar-refractivity contribution in [3.05, 3.63) is 144 Å². The summed E-state index contributed by atoms with van der Waals surface area (Å²) in [5.74, 6) is 1.40. The van der Waals surface area contributed by atoms with E-state index in [9.17, 15) is 9.90 Å². The van der Waals surface area contributed by atoms with Crippen LogP contribution in [0.4, 0.5) is 5.82 Å². The minimum Gasteiger partial charge on any atom is -0.457 e. The van der Waals surface area contributed by atoms with Crippen molar-refractivity contribution in [2.24, 2.45) is 0 Å². The molecular formula is C36H29N5O5. The highest BCUT2D eigenvalue weighted by Gasteiger charge is 2.47. The van der Waals surface area contributed by atoms with Crippen LogP contribution in [0.15, 0.2) is 122 Å². The molecule has 10 nitrogen and oxygen atoms in total. The number of benzene rings is 4. The molecule has 0 saturated carbocycles. The van der Waals surface area contributed by atoms with Gasteiger partial charge in [0, 0.05) is 23.1 Å². The van der Waals surface area contributed by atoms with Gasteiger partial charge in [-0.05, 0) is 29.8 Å². The number of carbonyl (C=O) groups is 1. The Bertz CT molecular complexity index is 1990. The molecule has 2 N–H and O–H groups in total. The predicted octanol–water partition coefficient (Wildman–Crippen LogP) is 5.84. The average molecular weight is 612 g/mol. The Kier molecular flexibility index (Phi) is 7.02. The van der Waals surface area contributed by atoms with Crippen LogP contribution in [0.3, 0.4) is 0 Å². The fourth-order valence-corrected chi connectivity index (χ4v) is 6.35. The average Bonchev–Trinajstić information content (AvgIpc) is 3.71. The predicted molar refractivity (Wildman–Crippen MR) is 169 cm³/mol. The van der Waals surface area contributed by atoms with Gasteiger partial charge in [-0.1, -0.05) is 84.9 Å². The number of aromatic nitrogens is 4. The third-order valence-electron chi connectivity index (χ3n) is 8.54. The van der Waals surface area contributed by atoms with Gasteiger partial charge < -0.3 is 24.6 Å². The molecule has 1 fully saturated rings. The number of nitrogens with one attached hydrogen (secondary N) is 1. The molecule has 1 saturated heterocycles. The Morgan fingerprint density at radius 1 is 0.870 bits per heavy atom. The molecule has 46 heavy (non-hydrogen) atoms. The molecule has 4 aromatic carbocycles. The summed E-state index contributed by atoms with van der Waals surface area (Å²) in [5, 5.41) is 14.1. The van der Waals surface area contributed by atoms with Crippen LogP contribution in [0.5, 0.6) is 11.5 Å². The zero-order valence-corrected chi connectivity index (χ0v) is 24.6. The fraction of sp³-hybridized carbons (Fsp3) is 0.167. The van der Waals surface area contributed by atoms with E-state index in [1.165, 1.54) is 6.33 Å². The van der Waals surface area contributed by atoms with E-state index in [1.54, 1.807) is 35.2 Å². The number of imidazole rings is 1. The van der Waals surface area contributed by atoms with Gasteiger partial charge in [0.05, 0.1) is 19.0 Å². The number of ether oxygens (including phenoxy) is 3. The number of anilines is 1. The van der Waals surface area contributed by atoms with Gasteiger partial charge in [0.25, 0.3) is 5.91 Å². The van der Waals surface area contributed by atoms with Crippen molar-refractivity contribution in [2.45, 2.75) is 30.5 Å². The molecule has 10 heteroatoms. The second kappa shape index (κ2) is 11.5. The highest BCUT2D eigenvalue weighted by molar-refractivity contribution is 6.06. The second-order valence-corrected chi connectivity index (χ2v) is 11.3. The lowest BCUT2D eigenvalue weighted by atomic mass is 9.77. The second-order valence-electron chi connectivity index (χ2n) is 11.3. The minimum absolute atomic E-state index is 0.0925. The van der Waals surface area contributed by atoms with Crippen molar-refractivity contribution >= 4 is 22.9 Å². The van der Waals surface area contributed by atoms with Crippen molar-refractivity contribution < 1.29 is 24.1 Å². The summed E-state index contributed by atoms with van der Waals surface area (Å²) in [4.78, 5) is 26.0.